The Morgan fingerprint density at radius 1 is 1.35 bits per heavy atom. The fraction of sp³-hybridized carbons (Fsp3) is 0.333. The van der Waals surface area contributed by atoms with Crippen LogP contribution < -0.4 is 5.32 Å². The molecule has 0 aliphatic rings. The average molecular weight is 276 g/mol. The Bertz CT molecular complexity index is 469. The topological polar surface area (TPSA) is 69.6 Å². The van der Waals surface area contributed by atoms with Gasteiger partial charge in [0.15, 0.2) is 0 Å². The van der Waals surface area contributed by atoms with Crippen LogP contribution in [0, 0.1) is 6.92 Å². The zero-order valence-electron chi connectivity index (χ0n) is 11.6. The Kier molecular flexibility index (Phi) is 6.46. The highest BCUT2D eigenvalue weighted by molar-refractivity contribution is 5.92. The van der Waals surface area contributed by atoms with Crippen LogP contribution in [0.3, 0.4) is 0 Å². The third-order valence-corrected chi connectivity index (χ3v) is 2.73. The van der Waals surface area contributed by atoms with Gasteiger partial charge in [-0.3, -0.25) is 14.5 Å². The van der Waals surface area contributed by atoms with Gasteiger partial charge in [-0.15, -0.1) is 6.58 Å². The first-order valence-electron chi connectivity index (χ1n) is 6.43. The predicted molar refractivity (Wildman–Crippen MR) is 78.7 cm³/mol. The second kappa shape index (κ2) is 8.12. The van der Waals surface area contributed by atoms with Gasteiger partial charge >= 0.3 is 5.97 Å². The van der Waals surface area contributed by atoms with E-state index >= 15 is 0 Å². The van der Waals surface area contributed by atoms with Gasteiger partial charge in [-0.25, -0.2) is 0 Å². The Balaban J connectivity index is 2.50. The number of rotatable bonds is 8. The Hall–Kier alpha value is -2.14. The van der Waals surface area contributed by atoms with E-state index in [0.29, 0.717) is 13.1 Å². The molecule has 1 rings (SSSR count). The van der Waals surface area contributed by atoms with Crippen molar-refractivity contribution in [3.05, 3.63) is 42.5 Å². The molecule has 0 aliphatic carbocycles. The van der Waals surface area contributed by atoms with Crippen LogP contribution in [0.15, 0.2) is 36.9 Å². The monoisotopic (exact) mass is 276 g/mol. The standard InChI is InChI=1S/C15H20N2O3/c1-3-9-17(10-8-15(19)20)11-14(18)16-13-6-4-12(2)5-7-13/h3-7H,1,8-11H2,2H3,(H,16,18)(H,19,20). The molecular weight excluding hydrogens is 256 g/mol. The van der Waals surface area contributed by atoms with Gasteiger partial charge in [-0.1, -0.05) is 23.8 Å². The number of carboxylic acid groups (broad SMARTS) is 1. The minimum atomic E-state index is -0.877. The van der Waals surface area contributed by atoms with E-state index in [9.17, 15) is 9.59 Å². The first kappa shape index (κ1) is 15.9. The number of benzene rings is 1. The molecule has 0 heterocycles. The van der Waals surface area contributed by atoms with E-state index in [0.717, 1.165) is 11.3 Å². The molecule has 0 saturated carbocycles. The molecule has 0 radical (unpaired) electrons. The zero-order valence-corrected chi connectivity index (χ0v) is 11.6. The van der Waals surface area contributed by atoms with Gasteiger partial charge in [0.25, 0.3) is 0 Å². The van der Waals surface area contributed by atoms with Crippen LogP contribution in [0.2, 0.25) is 0 Å². The summed E-state index contributed by atoms with van der Waals surface area (Å²) in [6.45, 7) is 6.53. The number of nitrogens with one attached hydrogen (secondary N) is 1. The van der Waals surface area contributed by atoms with Crippen molar-refractivity contribution in [1.29, 1.82) is 0 Å². The number of anilines is 1. The summed E-state index contributed by atoms with van der Waals surface area (Å²) in [6.07, 6.45) is 1.66. The van der Waals surface area contributed by atoms with Crippen LogP contribution >= 0.6 is 0 Å². The number of carbonyl (C=O) groups is 2. The van der Waals surface area contributed by atoms with E-state index in [4.69, 9.17) is 5.11 Å². The number of nitrogens with zero attached hydrogens (tertiary/aromatic N) is 1. The minimum Gasteiger partial charge on any atom is -0.481 e. The molecule has 1 aromatic rings. The highest BCUT2D eigenvalue weighted by atomic mass is 16.4. The molecule has 108 valence electrons. The lowest BCUT2D eigenvalue weighted by Gasteiger charge is -2.19. The molecule has 5 heteroatoms. The zero-order chi connectivity index (χ0) is 15.0. The summed E-state index contributed by atoms with van der Waals surface area (Å²) in [6, 6.07) is 7.51. The summed E-state index contributed by atoms with van der Waals surface area (Å²) < 4.78 is 0. The van der Waals surface area contributed by atoms with Crippen molar-refractivity contribution in [1.82, 2.24) is 4.90 Å². The van der Waals surface area contributed by atoms with Crippen molar-refractivity contribution in [3.8, 4) is 0 Å². The Morgan fingerprint density at radius 3 is 2.55 bits per heavy atom. The minimum absolute atomic E-state index is 0.00561. The highest BCUT2D eigenvalue weighted by Gasteiger charge is 2.11. The van der Waals surface area contributed by atoms with Crippen LogP contribution in [0.4, 0.5) is 5.69 Å². The maximum absolute atomic E-state index is 11.9. The van der Waals surface area contributed by atoms with E-state index in [-0.39, 0.29) is 18.9 Å². The molecule has 0 fully saturated rings. The van der Waals surface area contributed by atoms with Crippen molar-refractivity contribution in [2.24, 2.45) is 0 Å². The summed E-state index contributed by atoms with van der Waals surface area (Å²) in [7, 11) is 0. The quantitative estimate of drug-likeness (QED) is 0.711. The number of aliphatic carboxylic acids is 1. The molecule has 0 unspecified atom stereocenters. The second-order valence-electron chi connectivity index (χ2n) is 4.58. The molecule has 20 heavy (non-hydrogen) atoms. The number of aryl methyl sites for hydroxylation is 1. The van der Waals surface area contributed by atoms with Crippen molar-refractivity contribution in [3.63, 3.8) is 0 Å². The summed E-state index contributed by atoms with van der Waals surface area (Å²) in [5, 5.41) is 11.5. The van der Waals surface area contributed by atoms with Gasteiger partial charge in [0.2, 0.25) is 5.91 Å². The maximum Gasteiger partial charge on any atom is 0.304 e. The molecule has 2 N–H and O–H groups in total. The lowest BCUT2D eigenvalue weighted by molar-refractivity contribution is -0.137. The molecule has 0 aromatic heterocycles. The summed E-state index contributed by atoms with van der Waals surface area (Å²) in [5.41, 5.74) is 1.86. The fourth-order valence-corrected chi connectivity index (χ4v) is 1.71. The fourth-order valence-electron chi connectivity index (χ4n) is 1.71. The molecule has 0 atom stereocenters. The predicted octanol–water partition coefficient (Wildman–Crippen LogP) is 1.90. The molecule has 0 aliphatic heterocycles. The molecule has 0 bridgehead atoms. The lowest BCUT2D eigenvalue weighted by atomic mass is 10.2. The molecule has 5 nitrogen and oxygen atoms in total. The maximum atomic E-state index is 11.9. The van der Waals surface area contributed by atoms with Crippen LogP contribution in [-0.2, 0) is 9.59 Å². The first-order chi connectivity index (χ1) is 9.51. The van der Waals surface area contributed by atoms with Crippen molar-refractivity contribution >= 4 is 17.6 Å². The van der Waals surface area contributed by atoms with E-state index in [1.165, 1.54) is 0 Å². The average Bonchev–Trinajstić information content (AvgIpc) is 2.39. The third-order valence-electron chi connectivity index (χ3n) is 2.73. The Morgan fingerprint density at radius 2 is 2.00 bits per heavy atom. The lowest BCUT2D eigenvalue weighted by Crippen LogP contribution is -2.34. The summed E-state index contributed by atoms with van der Waals surface area (Å²) in [5.74, 6) is -1.04. The van der Waals surface area contributed by atoms with E-state index in [2.05, 4.69) is 11.9 Å². The molecule has 1 aromatic carbocycles. The molecule has 0 saturated heterocycles. The molecule has 0 spiro atoms. The number of hydrogen-bond acceptors (Lipinski definition) is 3. The van der Waals surface area contributed by atoms with Crippen molar-refractivity contribution < 1.29 is 14.7 Å². The van der Waals surface area contributed by atoms with Crippen molar-refractivity contribution in [2.75, 3.05) is 25.0 Å². The van der Waals surface area contributed by atoms with Crippen LogP contribution in [0.1, 0.15) is 12.0 Å². The number of amides is 1. The normalized spacial score (nSPS) is 10.3. The smallest absolute Gasteiger partial charge is 0.304 e. The first-order valence-corrected chi connectivity index (χ1v) is 6.43. The van der Waals surface area contributed by atoms with Crippen molar-refractivity contribution in [2.45, 2.75) is 13.3 Å². The van der Waals surface area contributed by atoms with E-state index in [1.807, 2.05) is 31.2 Å². The van der Waals surface area contributed by atoms with Gasteiger partial charge in [-0.2, -0.15) is 0 Å². The van der Waals surface area contributed by atoms with E-state index in [1.54, 1.807) is 11.0 Å². The second-order valence-corrected chi connectivity index (χ2v) is 4.58. The van der Waals surface area contributed by atoms with Crippen LogP contribution in [0.25, 0.3) is 0 Å². The van der Waals surface area contributed by atoms with Gasteiger partial charge in [-0.05, 0) is 19.1 Å². The van der Waals surface area contributed by atoms with Gasteiger partial charge in [0, 0.05) is 18.8 Å². The SMILES string of the molecule is C=CCN(CCC(=O)O)CC(=O)Nc1ccc(C)cc1. The number of hydrogen-bond donors (Lipinski definition) is 2. The van der Waals surface area contributed by atoms with E-state index < -0.39 is 5.97 Å². The van der Waals surface area contributed by atoms with Gasteiger partial charge in [0.05, 0.1) is 13.0 Å². The van der Waals surface area contributed by atoms with Gasteiger partial charge in [0.1, 0.15) is 0 Å². The number of carbonyl (C=O) groups excluding carboxylic acids is 1. The highest BCUT2D eigenvalue weighted by Crippen LogP contribution is 2.08. The van der Waals surface area contributed by atoms with Gasteiger partial charge < -0.3 is 10.4 Å². The third kappa shape index (κ3) is 6.15. The summed E-state index contributed by atoms with van der Waals surface area (Å²) in [4.78, 5) is 24.2. The largest absolute Gasteiger partial charge is 0.481 e. The molecule has 1 amide bonds. The number of carboxylic acids is 1. The molecular formula is C15H20N2O3. The van der Waals surface area contributed by atoms with Crippen LogP contribution in [0.5, 0.6) is 0 Å². The van der Waals surface area contributed by atoms with Crippen LogP contribution in [-0.4, -0.2) is 41.5 Å². The summed E-state index contributed by atoms with van der Waals surface area (Å²) >= 11 is 0. The Labute approximate surface area is 118 Å².